The van der Waals surface area contributed by atoms with E-state index in [0.29, 0.717) is 12.8 Å². The summed E-state index contributed by atoms with van der Waals surface area (Å²) >= 11 is 0. The third-order valence-electron chi connectivity index (χ3n) is 11.5. The molecule has 4 atom stereocenters. The zero-order valence-electron chi connectivity index (χ0n) is 42.3. The number of unbranched alkanes of at least 4 members (excludes halogenated alkanes) is 21. The SMILES string of the molecule is CCCCC/C=C\C=C\[C@H](O)CCCCCCCC(=O)OC[C@@H](COC(=O)CCCCCCC/C=C\C=C\[C@@H](O)CCCCC)OC(=O)CCCCCCC/C=C\C=C\[C@H](O)CCCCC. The molecule has 380 valence electrons. The third-order valence-corrected chi connectivity index (χ3v) is 11.5. The fourth-order valence-electron chi connectivity index (χ4n) is 7.26. The first kappa shape index (κ1) is 62.7. The number of allylic oxidation sites excluding steroid dienone is 9. The first-order valence-electron chi connectivity index (χ1n) is 26.8. The highest BCUT2D eigenvalue weighted by Gasteiger charge is 2.19. The van der Waals surface area contributed by atoms with Gasteiger partial charge in [0.2, 0.25) is 0 Å². The maximum absolute atomic E-state index is 12.8. The van der Waals surface area contributed by atoms with E-state index in [1.165, 1.54) is 19.3 Å². The molecule has 0 heterocycles. The molecule has 66 heavy (non-hydrogen) atoms. The van der Waals surface area contributed by atoms with Crippen molar-refractivity contribution in [1.82, 2.24) is 0 Å². The molecule has 0 aliphatic rings. The van der Waals surface area contributed by atoms with E-state index in [2.05, 4.69) is 39.0 Å². The first-order chi connectivity index (χ1) is 32.2. The second kappa shape index (κ2) is 49.6. The van der Waals surface area contributed by atoms with Crippen LogP contribution in [0, 0.1) is 0 Å². The van der Waals surface area contributed by atoms with Crippen molar-refractivity contribution in [2.24, 2.45) is 0 Å². The van der Waals surface area contributed by atoms with Crippen molar-refractivity contribution in [3.05, 3.63) is 72.9 Å². The highest BCUT2D eigenvalue weighted by molar-refractivity contribution is 5.71. The van der Waals surface area contributed by atoms with Gasteiger partial charge in [0.1, 0.15) is 13.2 Å². The Kier molecular flexibility index (Phi) is 47.2. The molecule has 0 fully saturated rings. The van der Waals surface area contributed by atoms with Gasteiger partial charge in [-0.25, -0.2) is 0 Å². The Morgan fingerprint density at radius 3 is 1.08 bits per heavy atom. The van der Waals surface area contributed by atoms with Gasteiger partial charge < -0.3 is 29.5 Å². The van der Waals surface area contributed by atoms with E-state index < -0.39 is 12.2 Å². The molecule has 0 aromatic heterocycles. The van der Waals surface area contributed by atoms with Gasteiger partial charge in [-0.15, -0.1) is 0 Å². The molecular formula is C57H98O9. The van der Waals surface area contributed by atoms with E-state index in [4.69, 9.17) is 14.2 Å². The molecule has 0 aliphatic carbocycles. The number of ether oxygens (including phenoxy) is 3. The molecule has 0 aromatic carbocycles. The van der Waals surface area contributed by atoms with Crippen LogP contribution in [0.15, 0.2) is 72.9 Å². The summed E-state index contributed by atoms with van der Waals surface area (Å²) in [6, 6.07) is 0. The minimum Gasteiger partial charge on any atom is -0.462 e. The van der Waals surface area contributed by atoms with Crippen LogP contribution in [0.1, 0.15) is 233 Å². The number of esters is 3. The van der Waals surface area contributed by atoms with Gasteiger partial charge in [0.25, 0.3) is 0 Å². The van der Waals surface area contributed by atoms with Gasteiger partial charge in [-0.3, -0.25) is 14.4 Å². The second-order valence-electron chi connectivity index (χ2n) is 18.0. The van der Waals surface area contributed by atoms with Crippen LogP contribution in [0.2, 0.25) is 0 Å². The molecule has 0 amide bonds. The molecule has 0 aromatic rings. The summed E-state index contributed by atoms with van der Waals surface area (Å²) in [5.41, 5.74) is 0. The summed E-state index contributed by atoms with van der Waals surface area (Å²) in [7, 11) is 0. The van der Waals surface area contributed by atoms with Crippen molar-refractivity contribution >= 4 is 17.9 Å². The van der Waals surface area contributed by atoms with Crippen molar-refractivity contribution in [1.29, 1.82) is 0 Å². The maximum Gasteiger partial charge on any atom is 0.306 e. The van der Waals surface area contributed by atoms with Crippen LogP contribution in [-0.2, 0) is 28.6 Å². The normalized spacial score (nSPS) is 14.1. The predicted molar refractivity (Wildman–Crippen MR) is 274 cm³/mol. The third kappa shape index (κ3) is 47.2. The summed E-state index contributed by atoms with van der Waals surface area (Å²) in [4.78, 5) is 38.0. The minimum atomic E-state index is -0.854. The van der Waals surface area contributed by atoms with Crippen LogP contribution in [0.25, 0.3) is 0 Å². The fraction of sp³-hybridized carbons (Fsp3) is 0.737. The van der Waals surface area contributed by atoms with Crippen molar-refractivity contribution in [2.75, 3.05) is 13.2 Å². The monoisotopic (exact) mass is 927 g/mol. The van der Waals surface area contributed by atoms with Crippen LogP contribution >= 0.6 is 0 Å². The average molecular weight is 927 g/mol. The zero-order chi connectivity index (χ0) is 48.4. The van der Waals surface area contributed by atoms with E-state index in [-0.39, 0.29) is 62.6 Å². The summed E-state index contributed by atoms with van der Waals surface area (Å²) in [6.07, 6.45) is 52.3. The number of rotatable bonds is 47. The van der Waals surface area contributed by atoms with Gasteiger partial charge in [-0.2, -0.15) is 0 Å². The van der Waals surface area contributed by atoms with Gasteiger partial charge >= 0.3 is 17.9 Å². The fourth-order valence-corrected chi connectivity index (χ4v) is 7.26. The maximum atomic E-state index is 12.8. The number of hydrogen-bond acceptors (Lipinski definition) is 9. The van der Waals surface area contributed by atoms with Gasteiger partial charge in [0.15, 0.2) is 6.10 Å². The molecule has 0 radical (unpaired) electrons. The zero-order valence-corrected chi connectivity index (χ0v) is 42.3. The Morgan fingerprint density at radius 2 is 0.682 bits per heavy atom. The van der Waals surface area contributed by atoms with Crippen molar-refractivity contribution < 1.29 is 43.9 Å². The molecule has 0 rings (SSSR count). The van der Waals surface area contributed by atoms with Crippen molar-refractivity contribution in [3.8, 4) is 0 Å². The van der Waals surface area contributed by atoms with Gasteiger partial charge in [-0.1, -0.05) is 209 Å². The van der Waals surface area contributed by atoms with E-state index in [1.807, 2.05) is 54.7 Å². The Balaban J connectivity index is 4.59. The Hall–Kier alpha value is -3.27. The number of carbonyl (C=O) groups excluding carboxylic acids is 3. The minimum absolute atomic E-state index is 0.148. The summed E-state index contributed by atoms with van der Waals surface area (Å²) in [6.45, 7) is 6.22. The van der Waals surface area contributed by atoms with E-state index in [0.717, 1.165) is 161 Å². The molecular weight excluding hydrogens is 829 g/mol. The van der Waals surface area contributed by atoms with E-state index >= 15 is 0 Å². The highest BCUT2D eigenvalue weighted by atomic mass is 16.6. The summed E-state index contributed by atoms with van der Waals surface area (Å²) in [5.74, 6) is -1.10. The van der Waals surface area contributed by atoms with Gasteiger partial charge in [0, 0.05) is 19.3 Å². The largest absolute Gasteiger partial charge is 0.462 e. The Morgan fingerprint density at radius 1 is 0.379 bits per heavy atom. The molecule has 3 N–H and O–H groups in total. The van der Waals surface area contributed by atoms with Crippen LogP contribution in [0.5, 0.6) is 0 Å². The molecule has 0 spiro atoms. The Bertz CT molecular complexity index is 1300. The number of aliphatic hydroxyl groups excluding tert-OH is 3. The number of aliphatic hydroxyl groups is 3. The van der Waals surface area contributed by atoms with Crippen molar-refractivity contribution in [2.45, 2.75) is 257 Å². The van der Waals surface area contributed by atoms with Gasteiger partial charge in [-0.05, 0) is 77.0 Å². The van der Waals surface area contributed by atoms with Crippen LogP contribution < -0.4 is 0 Å². The molecule has 9 nitrogen and oxygen atoms in total. The quantitative estimate of drug-likeness (QED) is 0.0235. The lowest BCUT2D eigenvalue weighted by atomic mass is 10.1. The van der Waals surface area contributed by atoms with Gasteiger partial charge in [0.05, 0.1) is 18.3 Å². The number of hydrogen-bond donors (Lipinski definition) is 3. The van der Waals surface area contributed by atoms with E-state index in [1.54, 1.807) is 0 Å². The standard InChI is InChI=1S/C57H98O9/c1-4-7-10-11-18-24-33-44-53(60)45-36-27-23-30-38-47-56(62)65-50-54(66-57(63)48-39-29-22-17-13-15-20-26-35-43-52(59)41-32-9-6-3)49-64-55(61)46-37-28-21-16-12-14-19-25-34-42-51(58)40-31-8-5-2/h18-20,24-26,33-35,42-44,51-54,58-60H,4-17,21-23,27-32,36-41,45-50H2,1-3H3/b24-18-,25-19-,26-20-,42-34+,43-35+,44-33+/t51-,52+,53-,54+/m0/s1. The van der Waals surface area contributed by atoms with Crippen LogP contribution in [-0.4, -0.2) is 70.9 Å². The van der Waals surface area contributed by atoms with Crippen molar-refractivity contribution in [3.63, 3.8) is 0 Å². The summed E-state index contributed by atoms with van der Waals surface area (Å²) in [5, 5.41) is 30.2. The molecule has 9 heteroatoms. The summed E-state index contributed by atoms with van der Waals surface area (Å²) < 4.78 is 16.7. The molecule has 0 aliphatic heterocycles. The molecule has 0 unspecified atom stereocenters. The predicted octanol–water partition coefficient (Wildman–Crippen LogP) is 14.3. The molecule has 0 bridgehead atoms. The smallest absolute Gasteiger partial charge is 0.306 e. The van der Waals surface area contributed by atoms with E-state index in [9.17, 15) is 29.7 Å². The highest BCUT2D eigenvalue weighted by Crippen LogP contribution is 2.14. The number of carbonyl (C=O) groups is 3. The molecule has 0 saturated carbocycles. The molecule has 0 saturated heterocycles. The first-order valence-corrected chi connectivity index (χ1v) is 26.8. The lowest BCUT2D eigenvalue weighted by molar-refractivity contribution is -0.167. The lowest BCUT2D eigenvalue weighted by Gasteiger charge is -2.18. The lowest BCUT2D eigenvalue weighted by Crippen LogP contribution is -2.30. The topological polar surface area (TPSA) is 140 Å². The second-order valence-corrected chi connectivity index (χ2v) is 18.0. The van der Waals surface area contributed by atoms with Crippen LogP contribution in [0.4, 0.5) is 0 Å². The average Bonchev–Trinajstić information content (AvgIpc) is 3.30. The van der Waals surface area contributed by atoms with Crippen LogP contribution in [0.3, 0.4) is 0 Å². The Labute approximate surface area is 403 Å².